The molecule has 1 atom stereocenters. The fraction of sp³-hybridized carbons (Fsp3) is 0.529. The lowest BCUT2D eigenvalue weighted by molar-refractivity contribution is -0.127. The summed E-state index contributed by atoms with van der Waals surface area (Å²) in [5, 5.41) is 0. The molecule has 0 bridgehead atoms. The molecule has 0 spiro atoms. The summed E-state index contributed by atoms with van der Waals surface area (Å²) in [5.41, 5.74) is 4.11. The van der Waals surface area contributed by atoms with Crippen molar-refractivity contribution < 1.29 is 9.59 Å². The SMILES string of the molecule is CCC(=O)CC1C(=O)C(C)(C)c2cc(C)c(C)cc21. The Bertz CT molecular complexity index is 553. The minimum absolute atomic E-state index is 0.167. The van der Waals surface area contributed by atoms with Gasteiger partial charge in [0, 0.05) is 18.3 Å². The summed E-state index contributed by atoms with van der Waals surface area (Å²) in [6.45, 7) is 9.93. The Kier molecular flexibility index (Phi) is 3.38. The average molecular weight is 258 g/mol. The van der Waals surface area contributed by atoms with E-state index in [0.29, 0.717) is 12.8 Å². The normalized spacial score (nSPS) is 20.5. The van der Waals surface area contributed by atoms with Crippen molar-refractivity contribution >= 4 is 11.6 Å². The van der Waals surface area contributed by atoms with Crippen LogP contribution in [0.5, 0.6) is 0 Å². The zero-order valence-electron chi connectivity index (χ0n) is 12.5. The Morgan fingerprint density at radius 2 is 1.79 bits per heavy atom. The topological polar surface area (TPSA) is 34.1 Å². The van der Waals surface area contributed by atoms with Crippen molar-refractivity contribution in [3.8, 4) is 0 Å². The van der Waals surface area contributed by atoms with Gasteiger partial charge in [-0.1, -0.05) is 19.1 Å². The summed E-state index contributed by atoms with van der Waals surface area (Å²) in [6, 6.07) is 4.23. The molecular weight excluding hydrogens is 236 g/mol. The second-order valence-corrected chi connectivity index (χ2v) is 6.16. The molecule has 0 aliphatic heterocycles. The molecule has 1 aliphatic rings. The molecule has 0 fully saturated rings. The van der Waals surface area contributed by atoms with Crippen molar-refractivity contribution in [3.63, 3.8) is 0 Å². The third kappa shape index (κ3) is 2.13. The second kappa shape index (κ2) is 4.59. The highest BCUT2D eigenvalue weighted by atomic mass is 16.1. The molecule has 0 amide bonds. The first-order valence-electron chi connectivity index (χ1n) is 6.96. The average Bonchev–Trinajstić information content (AvgIpc) is 2.52. The number of carbonyl (C=O) groups excluding carboxylic acids is 2. The molecule has 0 N–H and O–H groups in total. The molecule has 19 heavy (non-hydrogen) atoms. The van der Waals surface area contributed by atoms with Crippen molar-refractivity contribution in [2.75, 3.05) is 0 Å². The summed E-state index contributed by atoms with van der Waals surface area (Å²) in [6.07, 6.45) is 0.860. The van der Waals surface area contributed by atoms with E-state index in [1.54, 1.807) is 0 Å². The van der Waals surface area contributed by atoms with Crippen LogP contribution in [0.15, 0.2) is 12.1 Å². The largest absolute Gasteiger partial charge is 0.300 e. The van der Waals surface area contributed by atoms with Gasteiger partial charge in [-0.05, 0) is 49.9 Å². The van der Waals surface area contributed by atoms with Gasteiger partial charge in [0.2, 0.25) is 0 Å². The number of rotatable bonds is 3. The predicted octanol–water partition coefficient (Wildman–Crippen LogP) is 3.62. The molecule has 1 unspecified atom stereocenters. The van der Waals surface area contributed by atoms with Crippen LogP contribution in [-0.2, 0) is 15.0 Å². The zero-order valence-corrected chi connectivity index (χ0v) is 12.5. The smallest absolute Gasteiger partial charge is 0.150 e. The minimum Gasteiger partial charge on any atom is -0.300 e. The van der Waals surface area contributed by atoms with E-state index in [4.69, 9.17) is 0 Å². The fourth-order valence-corrected chi connectivity index (χ4v) is 2.95. The van der Waals surface area contributed by atoms with Gasteiger partial charge in [0.05, 0.1) is 5.92 Å². The van der Waals surface area contributed by atoms with E-state index in [1.165, 1.54) is 11.1 Å². The molecular formula is C17H22O2. The number of Topliss-reactive ketones (excluding diaryl/α,β-unsaturated/α-hetero) is 2. The van der Waals surface area contributed by atoms with Crippen molar-refractivity contribution in [2.24, 2.45) is 0 Å². The number of carbonyl (C=O) groups is 2. The van der Waals surface area contributed by atoms with Crippen LogP contribution in [0, 0.1) is 13.8 Å². The van der Waals surface area contributed by atoms with Gasteiger partial charge in [-0.15, -0.1) is 0 Å². The summed E-state index contributed by atoms with van der Waals surface area (Å²) in [5.74, 6) is 0.117. The molecule has 0 radical (unpaired) electrons. The molecule has 1 aromatic carbocycles. The van der Waals surface area contributed by atoms with Crippen molar-refractivity contribution in [2.45, 2.75) is 58.8 Å². The molecule has 0 saturated carbocycles. The van der Waals surface area contributed by atoms with E-state index in [-0.39, 0.29) is 17.5 Å². The van der Waals surface area contributed by atoms with E-state index in [2.05, 4.69) is 26.0 Å². The summed E-state index contributed by atoms with van der Waals surface area (Å²) >= 11 is 0. The summed E-state index contributed by atoms with van der Waals surface area (Å²) < 4.78 is 0. The van der Waals surface area contributed by atoms with Crippen LogP contribution in [0.3, 0.4) is 0 Å². The predicted molar refractivity (Wildman–Crippen MR) is 76.6 cm³/mol. The van der Waals surface area contributed by atoms with Crippen molar-refractivity contribution in [1.82, 2.24) is 0 Å². The second-order valence-electron chi connectivity index (χ2n) is 6.16. The maximum Gasteiger partial charge on any atom is 0.150 e. The molecule has 1 aliphatic carbocycles. The fourth-order valence-electron chi connectivity index (χ4n) is 2.95. The monoisotopic (exact) mass is 258 g/mol. The molecule has 2 nitrogen and oxygen atoms in total. The lowest BCUT2D eigenvalue weighted by Gasteiger charge is -2.18. The molecule has 0 heterocycles. The van der Waals surface area contributed by atoms with Gasteiger partial charge in [0.1, 0.15) is 5.78 Å². The third-order valence-corrected chi connectivity index (χ3v) is 4.47. The molecule has 1 aromatic rings. The highest BCUT2D eigenvalue weighted by Gasteiger charge is 2.45. The van der Waals surface area contributed by atoms with Gasteiger partial charge in [-0.3, -0.25) is 9.59 Å². The highest BCUT2D eigenvalue weighted by Crippen LogP contribution is 2.45. The number of hydrogen-bond acceptors (Lipinski definition) is 2. The van der Waals surface area contributed by atoms with Crippen LogP contribution >= 0.6 is 0 Å². The number of aryl methyl sites for hydroxylation is 2. The Morgan fingerprint density at radius 3 is 2.37 bits per heavy atom. The van der Waals surface area contributed by atoms with Gasteiger partial charge in [-0.25, -0.2) is 0 Å². The summed E-state index contributed by atoms with van der Waals surface area (Å²) in [4.78, 5) is 24.3. The Hall–Kier alpha value is -1.44. The maximum atomic E-state index is 12.6. The van der Waals surface area contributed by atoms with Crippen LogP contribution in [0.25, 0.3) is 0 Å². The molecule has 2 rings (SSSR count). The number of ketones is 2. The first-order valence-corrected chi connectivity index (χ1v) is 6.96. The number of hydrogen-bond donors (Lipinski definition) is 0. The Balaban J connectivity index is 2.54. The quantitative estimate of drug-likeness (QED) is 0.830. The minimum atomic E-state index is -0.466. The molecule has 0 saturated heterocycles. The van der Waals surface area contributed by atoms with Gasteiger partial charge in [-0.2, -0.15) is 0 Å². The molecule has 102 valence electrons. The Labute approximate surface area is 115 Å². The van der Waals surface area contributed by atoms with Crippen LogP contribution in [0.2, 0.25) is 0 Å². The number of benzene rings is 1. The maximum absolute atomic E-state index is 12.6. The third-order valence-electron chi connectivity index (χ3n) is 4.47. The van der Waals surface area contributed by atoms with Gasteiger partial charge < -0.3 is 0 Å². The lowest BCUT2D eigenvalue weighted by Crippen LogP contribution is -2.26. The standard InChI is InChI=1S/C17H22O2/c1-6-12(18)9-14-13-7-10(2)11(3)8-15(13)17(4,5)16(14)19/h7-8,14H,6,9H2,1-5H3. The highest BCUT2D eigenvalue weighted by molar-refractivity contribution is 6.02. The van der Waals surface area contributed by atoms with Gasteiger partial charge in [0.25, 0.3) is 0 Å². The molecule has 2 heteroatoms. The van der Waals surface area contributed by atoms with Crippen LogP contribution in [-0.4, -0.2) is 11.6 Å². The number of fused-ring (bicyclic) bond motifs is 1. The van der Waals surface area contributed by atoms with E-state index in [1.807, 2.05) is 20.8 Å². The zero-order chi connectivity index (χ0) is 14.4. The summed E-state index contributed by atoms with van der Waals surface area (Å²) in [7, 11) is 0. The van der Waals surface area contributed by atoms with E-state index >= 15 is 0 Å². The van der Waals surface area contributed by atoms with Crippen molar-refractivity contribution in [1.29, 1.82) is 0 Å². The molecule has 0 aromatic heterocycles. The van der Waals surface area contributed by atoms with Crippen molar-refractivity contribution in [3.05, 3.63) is 34.4 Å². The van der Waals surface area contributed by atoms with Crippen LogP contribution < -0.4 is 0 Å². The first-order chi connectivity index (χ1) is 8.78. The van der Waals surface area contributed by atoms with Gasteiger partial charge >= 0.3 is 0 Å². The van der Waals surface area contributed by atoms with Crippen LogP contribution in [0.1, 0.15) is 61.8 Å². The lowest BCUT2D eigenvalue weighted by atomic mass is 9.83. The van der Waals surface area contributed by atoms with E-state index < -0.39 is 5.41 Å². The van der Waals surface area contributed by atoms with Crippen LogP contribution in [0.4, 0.5) is 0 Å². The van der Waals surface area contributed by atoms with E-state index in [0.717, 1.165) is 11.1 Å². The van der Waals surface area contributed by atoms with Gasteiger partial charge in [0.15, 0.2) is 5.78 Å². The first kappa shape index (κ1) is 14.0. The van der Waals surface area contributed by atoms with E-state index in [9.17, 15) is 9.59 Å². The Morgan fingerprint density at radius 1 is 1.21 bits per heavy atom.